The van der Waals surface area contributed by atoms with E-state index in [1.165, 1.54) is 64.6 Å². The Morgan fingerprint density at radius 2 is 1.86 bits per heavy atom. The van der Waals surface area contributed by atoms with Gasteiger partial charge in [-0.25, -0.2) is 0 Å². The third-order valence-corrected chi connectivity index (χ3v) is 3.72. The second kappa shape index (κ2) is 5.72. The van der Waals surface area contributed by atoms with E-state index in [9.17, 15) is 0 Å². The molecule has 82 valence electrons. The van der Waals surface area contributed by atoms with Crippen LogP contribution in [0.25, 0.3) is 0 Å². The molecule has 0 aromatic heterocycles. The van der Waals surface area contributed by atoms with Gasteiger partial charge < -0.3 is 10.6 Å². The maximum atomic E-state index is 3.73. The predicted molar refractivity (Wildman–Crippen MR) is 60.5 cm³/mol. The van der Waals surface area contributed by atoms with Crippen molar-refractivity contribution in [3.8, 4) is 0 Å². The quantitative estimate of drug-likeness (QED) is 0.720. The number of hydrogen-bond acceptors (Lipinski definition) is 2. The van der Waals surface area contributed by atoms with Crippen molar-refractivity contribution in [2.75, 3.05) is 19.6 Å². The van der Waals surface area contributed by atoms with Crippen LogP contribution >= 0.6 is 0 Å². The van der Waals surface area contributed by atoms with Gasteiger partial charge in [-0.05, 0) is 44.7 Å². The van der Waals surface area contributed by atoms with Crippen LogP contribution in [0.3, 0.4) is 0 Å². The first kappa shape index (κ1) is 10.4. The Bertz CT molecular complexity index is 128. The lowest BCUT2D eigenvalue weighted by atomic mass is 9.89. The van der Waals surface area contributed by atoms with Gasteiger partial charge in [-0.1, -0.05) is 19.3 Å². The Balaban J connectivity index is 1.60. The zero-order valence-electron chi connectivity index (χ0n) is 9.23. The molecule has 2 rings (SSSR count). The van der Waals surface area contributed by atoms with Crippen LogP contribution in [0.1, 0.15) is 44.9 Å². The molecule has 0 radical (unpaired) electrons. The topological polar surface area (TPSA) is 24.1 Å². The highest BCUT2D eigenvalue weighted by molar-refractivity contribution is 4.77. The Labute approximate surface area is 87.8 Å². The summed E-state index contributed by atoms with van der Waals surface area (Å²) < 4.78 is 0. The molecular formula is C12H24N2. The van der Waals surface area contributed by atoms with Crippen molar-refractivity contribution in [3.63, 3.8) is 0 Å². The first-order chi connectivity index (χ1) is 6.95. The van der Waals surface area contributed by atoms with Crippen LogP contribution in [0.15, 0.2) is 0 Å². The molecule has 0 spiro atoms. The van der Waals surface area contributed by atoms with Crippen molar-refractivity contribution >= 4 is 0 Å². The van der Waals surface area contributed by atoms with Crippen LogP contribution in [0.5, 0.6) is 0 Å². The van der Waals surface area contributed by atoms with Gasteiger partial charge in [0.25, 0.3) is 0 Å². The average molecular weight is 196 g/mol. The lowest BCUT2D eigenvalue weighted by Gasteiger charge is -2.28. The van der Waals surface area contributed by atoms with E-state index < -0.39 is 0 Å². The van der Waals surface area contributed by atoms with E-state index in [1.54, 1.807) is 0 Å². The molecule has 1 saturated carbocycles. The van der Waals surface area contributed by atoms with Crippen molar-refractivity contribution < 1.29 is 0 Å². The first-order valence-electron chi connectivity index (χ1n) is 6.39. The highest BCUT2D eigenvalue weighted by Crippen LogP contribution is 2.22. The molecule has 1 aliphatic carbocycles. The highest BCUT2D eigenvalue weighted by Gasteiger charge is 2.16. The second-order valence-corrected chi connectivity index (χ2v) is 4.96. The summed E-state index contributed by atoms with van der Waals surface area (Å²) in [6.45, 7) is 3.68. The number of piperidine rings is 1. The molecule has 1 aliphatic heterocycles. The van der Waals surface area contributed by atoms with Crippen LogP contribution in [-0.4, -0.2) is 25.7 Å². The number of hydrogen-bond donors (Lipinski definition) is 2. The fraction of sp³-hybridized carbons (Fsp3) is 1.00. The Morgan fingerprint density at radius 3 is 2.57 bits per heavy atom. The molecule has 1 atom stereocenters. The lowest BCUT2D eigenvalue weighted by molar-refractivity contribution is 0.307. The van der Waals surface area contributed by atoms with E-state index in [-0.39, 0.29) is 0 Å². The van der Waals surface area contributed by atoms with Crippen LogP contribution < -0.4 is 10.6 Å². The largest absolute Gasteiger partial charge is 0.315 e. The van der Waals surface area contributed by atoms with Crippen molar-refractivity contribution in [3.05, 3.63) is 0 Å². The molecule has 1 saturated heterocycles. The van der Waals surface area contributed by atoms with Crippen molar-refractivity contribution in [1.29, 1.82) is 0 Å². The molecule has 2 fully saturated rings. The van der Waals surface area contributed by atoms with Gasteiger partial charge in [0.15, 0.2) is 0 Å². The van der Waals surface area contributed by atoms with Crippen molar-refractivity contribution in [2.45, 2.75) is 51.0 Å². The summed E-state index contributed by atoms with van der Waals surface area (Å²) in [5, 5.41) is 7.19. The maximum absolute atomic E-state index is 3.73. The molecule has 0 aromatic rings. The van der Waals surface area contributed by atoms with Crippen LogP contribution in [0, 0.1) is 5.92 Å². The summed E-state index contributed by atoms with van der Waals surface area (Å²) in [5.74, 6) is 0.977. The molecular weight excluding hydrogens is 172 g/mol. The standard InChI is InChI=1S/C12H24N2/c1-2-5-11(6-3-1)9-14-12-7-4-8-13-10-12/h11-14H,1-10H2/t12-/m1/s1. The molecule has 2 N–H and O–H groups in total. The van der Waals surface area contributed by atoms with Gasteiger partial charge in [0.1, 0.15) is 0 Å². The number of rotatable bonds is 3. The molecule has 0 aromatic carbocycles. The maximum Gasteiger partial charge on any atom is 0.0193 e. The van der Waals surface area contributed by atoms with Gasteiger partial charge in [-0.15, -0.1) is 0 Å². The SMILES string of the molecule is C1CCC(CN[C@@H]2CCCNC2)CC1. The fourth-order valence-electron chi connectivity index (χ4n) is 2.75. The zero-order valence-corrected chi connectivity index (χ0v) is 9.23. The fourth-order valence-corrected chi connectivity index (χ4v) is 2.75. The molecule has 2 nitrogen and oxygen atoms in total. The Hall–Kier alpha value is -0.0800. The molecule has 2 heteroatoms. The number of nitrogens with one attached hydrogen (secondary N) is 2. The van der Waals surface area contributed by atoms with E-state index >= 15 is 0 Å². The van der Waals surface area contributed by atoms with Gasteiger partial charge in [0.05, 0.1) is 0 Å². The minimum atomic E-state index is 0.755. The van der Waals surface area contributed by atoms with Crippen LogP contribution in [0.2, 0.25) is 0 Å². The summed E-state index contributed by atoms with van der Waals surface area (Å²) in [5.41, 5.74) is 0. The Morgan fingerprint density at radius 1 is 1.00 bits per heavy atom. The predicted octanol–water partition coefficient (Wildman–Crippen LogP) is 1.91. The highest BCUT2D eigenvalue weighted by atomic mass is 15.0. The van der Waals surface area contributed by atoms with Gasteiger partial charge >= 0.3 is 0 Å². The monoisotopic (exact) mass is 196 g/mol. The normalized spacial score (nSPS) is 30.4. The van der Waals surface area contributed by atoms with Crippen molar-refractivity contribution in [1.82, 2.24) is 10.6 Å². The summed E-state index contributed by atoms with van der Waals surface area (Å²) in [7, 11) is 0. The minimum absolute atomic E-state index is 0.755. The second-order valence-electron chi connectivity index (χ2n) is 4.96. The van der Waals surface area contributed by atoms with Gasteiger partial charge in [-0.3, -0.25) is 0 Å². The summed E-state index contributed by atoms with van der Waals surface area (Å²) in [6, 6.07) is 0.755. The Kier molecular flexibility index (Phi) is 4.26. The van der Waals surface area contributed by atoms with Crippen LogP contribution in [-0.2, 0) is 0 Å². The van der Waals surface area contributed by atoms with E-state index in [1.807, 2.05) is 0 Å². The molecule has 0 amide bonds. The molecule has 0 bridgehead atoms. The van der Waals surface area contributed by atoms with E-state index in [0.29, 0.717) is 0 Å². The average Bonchev–Trinajstić information content (AvgIpc) is 2.29. The molecule has 0 unspecified atom stereocenters. The third kappa shape index (κ3) is 3.25. The van der Waals surface area contributed by atoms with Crippen molar-refractivity contribution in [2.24, 2.45) is 5.92 Å². The zero-order chi connectivity index (χ0) is 9.64. The summed E-state index contributed by atoms with van der Waals surface area (Å²) in [6.07, 6.45) is 10.1. The van der Waals surface area contributed by atoms with E-state index in [0.717, 1.165) is 12.0 Å². The molecule has 14 heavy (non-hydrogen) atoms. The van der Waals surface area contributed by atoms with E-state index in [2.05, 4.69) is 10.6 Å². The van der Waals surface area contributed by atoms with E-state index in [4.69, 9.17) is 0 Å². The first-order valence-corrected chi connectivity index (χ1v) is 6.39. The lowest BCUT2D eigenvalue weighted by Crippen LogP contribution is -2.44. The summed E-state index contributed by atoms with van der Waals surface area (Å²) >= 11 is 0. The van der Waals surface area contributed by atoms with Gasteiger partial charge in [0.2, 0.25) is 0 Å². The van der Waals surface area contributed by atoms with Gasteiger partial charge in [-0.2, -0.15) is 0 Å². The third-order valence-electron chi connectivity index (χ3n) is 3.72. The molecule has 2 aliphatic rings. The van der Waals surface area contributed by atoms with Crippen LogP contribution in [0.4, 0.5) is 0 Å². The van der Waals surface area contributed by atoms with Gasteiger partial charge in [0, 0.05) is 12.6 Å². The smallest absolute Gasteiger partial charge is 0.0193 e. The summed E-state index contributed by atoms with van der Waals surface area (Å²) in [4.78, 5) is 0. The minimum Gasteiger partial charge on any atom is -0.315 e. The molecule has 1 heterocycles.